The van der Waals surface area contributed by atoms with Gasteiger partial charge in [-0.2, -0.15) is 5.26 Å². The highest BCUT2D eigenvalue weighted by Gasteiger charge is 2.02. The van der Waals surface area contributed by atoms with Gasteiger partial charge in [0.2, 0.25) is 0 Å². The molecule has 0 aliphatic carbocycles. The van der Waals surface area contributed by atoms with Crippen LogP contribution in [0.1, 0.15) is 22.3 Å². The van der Waals surface area contributed by atoms with Gasteiger partial charge in [-0.05, 0) is 70.7 Å². The SMILES string of the molecule is Cc1ccc(NCc2ccc(C#N)cc2C)c(Br)c1. The lowest BCUT2D eigenvalue weighted by Gasteiger charge is -2.11. The summed E-state index contributed by atoms with van der Waals surface area (Å²) in [6.45, 7) is 4.85. The van der Waals surface area contributed by atoms with Crippen LogP contribution in [0.5, 0.6) is 0 Å². The Kier molecular flexibility index (Phi) is 4.24. The van der Waals surface area contributed by atoms with Gasteiger partial charge in [0.15, 0.2) is 0 Å². The maximum atomic E-state index is 8.85. The molecule has 0 radical (unpaired) electrons. The van der Waals surface area contributed by atoms with Gasteiger partial charge in [0.05, 0.1) is 11.6 Å². The summed E-state index contributed by atoms with van der Waals surface area (Å²) in [6, 6.07) is 14.2. The zero-order chi connectivity index (χ0) is 13.8. The quantitative estimate of drug-likeness (QED) is 0.902. The monoisotopic (exact) mass is 314 g/mol. The Hall–Kier alpha value is -1.79. The minimum atomic E-state index is 0.706. The van der Waals surface area contributed by atoms with Crippen molar-refractivity contribution in [3.63, 3.8) is 0 Å². The number of nitriles is 1. The van der Waals surface area contributed by atoms with E-state index in [0.717, 1.165) is 22.3 Å². The average Bonchev–Trinajstić information content (AvgIpc) is 2.39. The Bertz CT molecular complexity index is 642. The van der Waals surface area contributed by atoms with E-state index in [-0.39, 0.29) is 0 Å². The van der Waals surface area contributed by atoms with Gasteiger partial charge in [-0.1, -0.05) is 12.1 Å². The molecule has 1 N–H and O–H groups in total. The molecule has 0 aromatic heterocycles. The van der Waals surface area contributed by atoms with Crippen molar-refractivity contribution >= 4 is 21.6 Å². The average molecular weight is 315 g/mol. The molecule has 96 valence electrons. The third-order valence-corrected chi connectivity index (χ3v) is 3.72. The van der Waals surface area contributed by atoms with Crippen LogP contribution < -0.4 is 5.32 Å². The van der Waals surface area contributed by atoms with E-state index < -0.39 is 0 Å². The third kappa shape index (κ3) is 3.36. The highest BCUT2D eigenvalue weighted by Crippen LogP contribution is 2.24. The molecular weight excluding hydrogens is 300 g/mol. The fraction of sp³-hybridized carbons (Fsp3) is 0.188. The van der Waals surface area contributed by atoms with Crippen molar-refractivity contribution in [1.29, 1.82) is 5.26 Å². The van der Waals surface area contributed by atoms with Crippen molar-refractivity contribution in [3.8, 4) is 6.07 Å². The second-order valence-corrected chi connectivity index (χ2v) is 5.44. The van der Waals surface area contributed by atoms with Crippen molar-refractivity contribution in [2.75, 3.05) is 5.32 Å². The zero-order valence-electron chi connectivity index (χ0n) is 11.0. The van der Waals surface area contributed by atoms with Gasteiger partial charge in [-0.3, -0.25) is 0 Å². The van der Waals surface area contributed by atoms with Crippen LogP contribution in [-0.4, -0.2) is 0 Å². The molecule has 0 spiro atoms. The minimum Gasteiger partial charge on any atom is -0.380 e. The van der Waals surface area contributed by atoms with Crippen LogP contribution in [0.2, 0.25) is 0 Å². The largest absolute Gasteiger partial charge is 0.380 e. The van der Waals surface area contributed by atoms with Gasteiger partial charge in [0.25, 0.3) is 0 Å². The van der Waals surface area contributed by atoms with Crippen molar-refractivity contribution in [3.05, 3.63) is 63.1 Å². The van der Waals surface area contributed by atoms with Gasteiger partial charge in [0.1, 0.15) is 0 Å². The topological polar surface area (TPSA) is 35.8 Å². The first-order valence-corrected chi connectivity index (χ1v) is 6.89. The Morgan fingerprint density at radius 3 is 2.58 bits per heavy atom. The number of nitrogens with one attached hydrogen (secondary N) is 1. The fourth-order valence-electron chi connectivity index (χ4n) is 1.92. The maximum absolute atomic E-state index is 8.85. The summed E-state index contributed by atoms with van der Waals surface area (Å²) in [5.41, 5.74) is 5.35. The molecule has 0 saturated heterocycles. The van der Waals surface area contributed by atoms with E-state index in [0.29, 0.717) is 5.56 Å². The number of nitrogens with zero attached hydrogens (tertiary/aromatic N) is 1. The third-order valence-electron chi connectivity index (χ3n) is 3.07. The summed E-state index contributed by atoms with van der Waals surface area (Å²) in [7, 11) is 0. The maximum Gasteiger partial charge on any atom is 0.0991 e. The van der Waals surface area contributed by atoms with E-state index in [9.17, 15) is 0 Å². The van der Waals surface area contributed by atoms with Crippen LogP contribution in [-0.2, 0) is 6.54 Å². The fourth-order valence-corrected chi connectivity index (χ4v) is 2.55. The van der Waals surface area contributed by atoms with Crippen LogP contribution in [0.4, 0.5) is 5.69 Å². The van der Waals surface area contributed by atoms with Crippen molar-refractivity contribution in [2.45, 2.75) is 20.4 Å². The standard InChI is InChI=1S/C16H15BrN2/c1-11-3-6-16(15(17)7-11)19-10-14-5-4-13(9-18)8-12(14)2/h3-8,19H,10H2,1-2H3. The molecule has 0 amide bonds. The number of aryl methyl sites for hydroxylation is 2. The molecule has 2 aromatic rings. The Morgan fingerprint density at radius 1 is 1.16 bits per heavy atom. The number of benzene rings is 2. The zero-order valence-corrected chi connectivity index (χ0v) is 12.6. The molecule has 2 aromatic carbocycles. The lowest BCUT2D eigenvalue weighted by atomic mass is 10.1. The summed E-state index contributed by atoms with van der Waals surface area (Å²) in [5, 5.41) is 12.3. The molecule has 2 nitrogen and oxygen atoms in total. The van der Waals surface area contributed by atoms with Gasteiger partial charge in [-0.25, -0.2) is 0 Å². The first kappa shape index (κ1) is 13.6. The molecule has 0 saturated carbocycles. The first-order chi connectivity index (χ1) is 9.10. The van der Waals surface area contributed by atoms with Crippen LogP contribution in [0.25, 0.3) is 0 Å². The highest BCUT2D eigenvalue weighted by atomic mass is 79.9. The lowest BCUT2D eigenvalue weighted by Crippen LogP contribution is -2.02. The number of rotatable bonds is 3. The van der Waals surface area contributed by atoms with E-state index >= 15 is 0 Å². The predicted molar refractivity (Wildman–Crippen MR) is 82.1 cm³/mol. The molecule has 0 bridgehead atoms. The second-order valence-electron chi connectivity index (χ2n) is 4.59. The second kappa shape index (κ2) is 5.90. The summed E-state index contributed by atoms with van der Waals surface area (Å²) >= 11 is 3.56. The summed E-state index contributed by atoms with van der Waals surface area (Å²) in [4.78, 5) is 0. The Balaban J connectivity index is 2.13. The lowest BCUT2D eigenvalue weighted by molar-refractivity contribution is 1.11. The molecule has 0 aliphatic rings. The van der Waals surface area contributed by atoms with E-state index in [1.807, 2.05) is 25.1 Å². The molecule has 0 unspecified atom stereocenters. The van der Waals surface area contributed by atoms with Gasteiger partial charge >= 0.3 is 0 Å². The smallest absolute Gasteiger partial charge is 0.0991 e. The minimum absolute atomic E-state index is 0.706. The highest BCUT2D eigenvalue weighted by molar-refractivity contribution is 9.10. The van der Waals surface area contributed by atoms with E-state index in [2.05, 4.69) is 52.4 Å². The van der Waals surface area contributed by atoms with E-state index in [1.165, 1.54) is 11.1 Å². The summed E-state index contributed by atoms with van der Waals surface area (Å²) in [5.74, 6) is 0. The summed E-state index contributed by atoms with van der Waals surface area (Å²) in [6.07, 6.45) is 0. The van der Waals surface area contributed by atoms with Crippen molar-refractivity contribution < 1.29 is 0 Å². The molecule has 0 fully saturated rings. The molecule has 0 heterocycles. The molecule has 3 heteroatoms. The molecule has 19 heavy (non-hydrogen) atoms. The normalized spacial score (nSPS) is 10.0. The number of anilines is 1. The van der Waals surface area contributed by atoms with Crippen LogP contribution in [0, 0.1) is 25.2 Å². The number of halogens is 1. The van der Waals surface area contributed by atoms with Crippen LogP contribution in [0.15, 0.2) is 40.9 Å². The number of hydrogen-bond donors (Lipinski definition) is 1. The van der Waals surface area contributed by atoms with Crippen molar-refractivity contribution in [2.24, 2.45) is 0 Å². The molecule has 2 rings (SSSR count). The Morgan fingerprint density at radius 2 is 1.95 bits per heavy atom. The molecule has 0 aliphatic heterocycles. The molecule has 0 atom stereocenters. The van der Waals surface area contributed by atoms with Gasteiger partial charge in [0, 0.05) is 16.7 Å². The Labute approximate surface area is 122 Å². The van der Waals surface area contributed by atoms with Crippen molar-refractivity contribution in [1.82, 2.24) is 0 Å². The first-order valence-electron chi connectivity index (χ1n) is 6.10. The van der Waals surface area contributed by atoms with E-state index in [1.54, 1.807) is 0 Å². The summed E-state index contributed by atoms with van der Waals surface area (Å²) < 4.78 is 1.07. The molecular formula is C16H15BrN2. The van der Waals surface area contributed by atoms with Gasteiger partial charge < -0.3 is 5.32 Å². The number of hydrogen-bond acceptors (Lipinski definition) is 2. The van der Waals surface area contributed by atoms with Crippen LogP contribution in [0.3, 0.4) is 0 Å². The van der Waals surface area contributed by atoms with Gasteiger partial charge in [-0.15, -0.1) is 0 Å². The predicted octanol–water partition coefficient (Wildman–Crippen LogP) is 4.55. The van der Waals surface area contributed by atoms with Crippen LogP contribution >= 0.6 is 15.9 Å². The van der Waals surface area contributed by atoms with E-state index in [4.69, 9.17) is 5.26 Å².